The summed E-state index contributed by atoms with van der Waals surface area (Å²) in [5.74, 6) is 0. The van der Waals surface area contributed by atoms with Crippen LogP contribution >= 0.6 is 31.9 Å². The van der Waals surface area contributed by atoms with Crippen LogP contribution < -0.4 is 5.73 Å². The molecule has 0 unspecified atom stereocenters. The van der Waals surface area contributed by atoms with Crippen molar-refractivity contribution in [3.63, 3.8) is 0 Å². The molecule has 2 rings (SSSR count). The van der Waals surface area contributed by atoms with Crippen molar-refractivity contribution in [3.05, 3.63) is 21.1 Å². The highest BCUT2D eigenvalue weighted by atomic mass is 79.9. The van der Waals surface area contributed by atoms with Crippen molar-refractivity contribution in [1.29, 1.82) is 0 Å². The van der Waals surface area contributed by atoms with Crippen molar-refractivity contribution >= 4 is 47.6 Å². The van der Waals surface area contributed by atoms with E-state index < -0.39 is 10.0 Å². The molecule has 0 aromatic heterocycles. The molecule has 1 aromatic carbocycles. The maximum atomic E-state index is 12.3. The van der Waals surface area contributed by atoms with Crippen molar-refractivity contribution in [3.8, 4) is 0 Å². The van der Waals surface area contributed by atoms with Gasteiger partial charge in [-0.2, -0.15) is 0 Å². The van der Waals surface area contributed by atoms with Gasteiger partial charge in [0, 0.05) is 15.5 Å². The van der Waals surface area contributed by atoms with Gasteiger partial charge in [0.25, 0.3) is 10.0 Å². The van der Waals surface area contributed by atoms with Crippen LogP contribution in [0.25, 0.3) is 0 Å². The molecule has 0 spiro atoms. The molecule has 1 heterocycles. The Hall–Kier alpha value is -0.150. The third-order valence-electron chi connectivity index (χ3n) is 2.28. The van der Waals surface area contributed by atoms with Crippen LogP contribution in [0.4, 0.5) is 5.69 Å². The van der Waals surface area contributed by atoms with Gasteiger partial charge in [0.1, 0.15) is 4.90 Å². The van der Waals surface area contributed by atoms with Gasteiger partial charge < -0.3 is 5.73 Å². The first-order valence-electron chi connectivity index (χ1n) is 4.83. The molecule has 0 saturated carbocycles. The third-order valence-corrected chi connectivity index (χ3v) is 5.42. The largest absolute Gasteiger partial charge is 0.398 e. The number of hydrogen-bond donors (Lipinski definition) is 1. The quantitative estimate of drug-likeness (QED) is 0.791. The normalized spacial score (nSPS) is 17.5. The highest BCUT2D eigenvalue weighted by Crippen LogP contribution is 2.34. The number of halogens is 2. The molecule has 0 bridgehead atoms. The Kier molecular flexibility index (Phi) is 3.79. The fraction of sp³-hybridized carbons (Fsp3) is 0.333. The Balaban J connectivity index is 2.53. The van der Waals surface area contributed by atoms with E-state index in [9.17, 15) is 8.42 Å². The predicted octanol–water partition coefficient (Wildman–Crippen LogP) is 2.12. The Morgan fingerprint density at radius 3 is 2.59 bits per heavy atom. The fourth-order valence-electron chi connectivity index (χ4n) is 1.57. The molecular weight excluding hydrogens is 376 g/mol. The Morgan fingerprint density at radius 2 is 2.06 bits per heavy atom. The summed E-state index contributed by atoms with van der Waals surface area (Å²) >= 11 is 6.46. The average molecular weight is 386 g/mol. The summed E-state index contributed by atoms with van der Waals surface area (Å²) < 4.78 is 26.6. The number of nitrogens with two attached hydrogens (primary N) is 1. The van der Waals surface area contributed by atoms with Crippen LogP contribution in [0.5, 0.6) is 0 Å². The SMILES string of the molecule is Nc1cc(Br)cc(Br)c1S(=O)(=O)N1CCCO1. The van der Waals surface area contributed by atoms with Crippen LogP contribution in [0.15, 0.2) is 26.0 Å². The highest BCUT2D eigenvalue weighted by Gasteiger charge is 2.32. The number of anilines is 1. The first-order chi connectivity index (χ1) is 7.93. The molecule has 1 aliphatic heterocycles. The molecule has 1 aliphatic rings. The van der Waals surface area contributed by atoms with Gasteiger partial charge >= 0.3 is 0 Å². The highest BCUT2D eigenvalue weighted by molar-refractivity contribution is 9.11. The molecule has 1 saturated heterocycles. The van der Waals surface area contributed by atoms with Crippen LogP contribution in [0.1, 0.15) is 6.42 Å². The van der Waals surface area contributed by atoms with Crippen molar-refractivity contribution in [1.82, 2.24) is 4.47 Å². The van der Waals surface area contributed by atoms with Gasteiger partial charge in [0.05, 0.1) is 12.3 Å². The molecular formula is C9H10Br2N2O3S. The van der Waals surface area contributed by atoms with Crippen molar-refractivity contribution in [2.45, 2.75) is 11.3 Å². The van der Waals surface area contributed by atoms with Gasteiger partial charge in [-0.3, -0.25) is 4.84 Å². The van der Waals surface area contributed by atoms with Gasteiger partial charge in [0.15, 0.2) is 0 Å². The smallest absolute Gasteiger partial charge is 0.268 e. The first-order valence-corrected chi connectivity index (χ1v) is 7.85. The average Bonchev–Trinajstić information content (AvgIpc) is 2.67. The van der Waals surface area contributed by atoms with E-state index in [0.717, 1.165) is 4.47 Å². The first kappa shape index (κ1) is 13.3. The summed E-state index contributed by atoms with van der Waals surface area (Å²) in [7, 11) is -3.70. The summed E-state index contributed by atoms with van der Waals surface area (Å²) in [5.41, 5.74) is 5.94. The van der Waals surface area contributed by atoms with E-state index in [4.69, 9.17) is 10.6 Å². The fourth-order valence-corrected chi connectivity index (χ4v) is 4.89. The predicted molar refractivity (Wildman–Crippen MR) is 70.7 cm³/mol. The zero-order chi connectivity index (χ0) is 12.6. The molecule has 0 radical (unpaired) electrons. The molecule has 0 amide bonds. The number of nitrogens with zero attached hydrogens (tertiary/aromatic N) is 1. The zero-order valence-electron chi connectivity index (χ0n) is 8.69. The van der Waals surface area contributed by atoms with E-state index >= 15 is 0 Å². The lowest BCUT2D eigenvalue weighted by Crippen LogP contribution is -2.27. The molecule has 94 valence electrons. The van der Waals surface area contributed by atoms with Crippen LogP contribution in [0.3, 0.4) is 0 Å². The van der Waals surface area contributed by atoms with Crippen LogP contribution in [0.2, 0.25) is 0 Å². The lowest BCUT2D eigenvalue weighted by Gasteiger charge is -2.17. The van der Waals surface area contributed by atoms with Gasteiger partial charge in [0.2, 0.25) is 0 Å². The molecule has 1 aromatic rings. The zero-order valence-corrected chi connectivity index (χ0v) is 12.7. The topological polar surface area (TPSA) is 72.6 Å². The lowest BCUT2D eigenvalue weighted by atomic mass is 10.3. The second-order valence-electron chi connectivity index (χ2n) is 3.52. The molecule has 0 atom stereocenters. The van der Waals surface area contributed by atoms with Crippen molar-refractivity contribution < 1.29 is 13.3 Å². The summed E-state index contributed by atoms with van der Waals surface area (Å²) in [6.07, 6.45) is 0.688. The molecule has 1 fully saturated rings. The van der Waals surface area contributed by atoms with Gasteiger partial charge in [-0.15, -0.1) is 0 Å². The van der Waals surface area contributed by atoms with Gasteiger partial charge in [-0.1, -0.05) is 20.4 Å². The second kappa shape index (κ2) is 4.85. The van der Waals surface area contributed by atoms with Crippen molar-refractivity contribution in [2.75, 3.05) is 18.9 Å². The third kappa shape index (κ3) is 2.50. The standard InChI is InChI=1S/C9H10Br2N2O3S/c10-6-4-7(11)9(8(12)5-6)17(14,15)13-2-1-3-16-13/h4-5H,1-3,12H2. The summed E-state index contributed by atoms with van der Waals surface area (Å²) in [6.45, 7) is 0.761. The van der Waals surface area contributed by atoms with E-state index in [1.165, 1.54) is 0 Å². The van der Waals surface area contributed by atoms with E-state index in [2.05, 4.69) is 31.9 Å². The molecule has 0 aliphatic carbocycles. The van der Waals surface area contributed by atoms with Gasteiger partial charge in [-0.05, 0) is 34.5 Å². The lowest BCUT2D eigenvalue weighted by molar-refractivity contribution is -0.0284. The van der Waals surface area contributed by atoms with Crippen molar-refractivity contribution in [2.24, 2.45) is 0 Å². The monoisotopic (exact) mass is 384 g/mol. The molecule has 2 N–H and O–H groups in total. The number of hydroxylamine groups is 1. The Labute approximate surface area is 116 Å². The number of nitrogen functional groups attached to an aromatic ring is 1. The van der Waals surface area contributed by atoms with E-state index in [1.807, 2.05) is 0 Å². The number of benzene rings is 1. The second-order valence-corrected chi connectivity index (χ2v) is 7.06. The number of hydrogen-bond acceptors (Lipinski definition) is 4. The number of sulfonamides is 1. The van der Waals surface area contributed by atoms with E-state index in [1.54, 1.807) is 12.1 Å². The van der Waals surface area contributed by atoms with Crippen LogP contribution in [0, 0.1) is 0 Å². The maximum absolute atomic E-state index is 12.3. The minimum absolute atomic E-state index is 0.0441. The van der Waals surface area contributed by atoms with Gasteiger partial charge in [-0.25, -0.2) is 8.42 Å². The maximum Gasteiger partial charge on any atom is 0.268 e. The molecule has 5 nitrogen and oxygen atoms in total. The molecule has 17 heavy (non-hydrogen) atoms. The van der Waals surface area contributed by atoms with Crippen LogP contribution in [-0.4, -0.2) is 26.0 Å². The van der Waals surface area contributed by atoms with E-state index in [0.29, 0.717) is 28.5 Å². The minimum Gasteiger partial charge on any atom is -0.398 e. The summed E-state index contributed by atoms with van der Waals surface area (Å²) in [4.78, 5) is 5.11. The summed E-state index contributed by atoms with van der Waals surface area (Å²) in [5, 5.41) is 0. The Bertz CT molecular complexity index is 518. The number of rotatable bonds is 2. The van der Waals surface area contributed by atoms with E-state index in [-0.39, 0.29) is 10.6 Å². The summed E-state index contributed by atoms with van der Waals surface area (Å²) in [6, 6.07) is 3.19. The Morgan fingerprint density at radius 1 is 1.35 bits per heavy atom. The van der Waals surface area contributed by atoms with Crippen LogP contribution in [-0.2, 0) is 14.9 Å². The molecule has 8 heteroatoms. The minimum atomic E-state index is -3.70.